The lowest BCUT2D eigenvalue weighted by molar-refractivity contribution is 0.0796. The number of methoxy groups -OCH3 is 1. The molecule has 10 heteroatoms. The molecule has 0 saturated carbocycles. The van der Waals surface area contributed by atoms with Crippen LogP contribution in [-0.4, -0.2) is 47.0 Å². The highest BCUT2D eigenvalue weighted by molar-refractivity contribution is 6.08. The number of urea groups is 1. The summed E-state index contributed by atoms with van der Waals surface area (Å²) >= 11 is 0. The lowest BCUT2D eigenvalue weighted by atomic mass is 9.99. The minimum Gasteiger partial charge on any atom is -0.472 e. The van der Waals surface area contributed by atoms with E-state index in [4.69, 9.17) is 9.47 Å². The second kappa shape index (κ2) is 9.02. The quantitative estimate of drug-likeness (QED) is 0.526. The van der Waals surface area contributed by atoms with E-state index in [0.29, 0.717) is 25.2 Å². The van der Waals surface area contributed by atoms with Crippen LogP contribution in [0.3, 0.4) is 0 Å². The second-order valence-corrected chi connectivity index (χ2v) is 8.41. The molecule has 0 spiro atoms. The van der Waals surface area contributed by atoms with Gasteiger partial charge >= 0.3 is 6.03 Å². The van der Waals surface area contributed by atoms with E-state index < -0.39 is 13.0 Å². The number of hydrogen-bond donors (Lipinski definition) is 0. The molecule has 0 fully saturated rings. The summed E-state index contributed by atoms with van der Waals surface area (Å²) in [5.41, 5.74) is 3.19. The highest BCUT2D eigenvalue weighted by Gasteiger charge is 2.36. The molecule has 34 heavy (non-hydrogen) atoms. The number of amides is 2. The smallest absolute Gasteiger partial charge is 0.334 e. The zero-order chi connectivity index (χ0) is 23.8. The fourth-order valence-corrected chi connectivity index (χ4v) is 4.43. The van der Waals surface area contributed by atoms with Crippen molar-refractivity contribution < 1.29 is 23.0 Å². The molecule has 0 N–H and O–H groups in total. The van der Waals surface area contributed by atoms with Crippen LogP contribution in [0.15, 0.2) is 48.3 Å². The standard InChI is InChI=1S/C24H25F2N5O3/c1-29-12-16-11-18(6-9-20(16)28-29)30-13-15-3-10-22(34-14-21(25)26)27-23(15)31(24(30)32)17-4-7-19(33-2)8-5-17/h3-4,6,9-12,19,21H,5,7-8,13-14H2,1-2H3. The zero-order valence-electron chi connectivity index (χ0n) is 18.9. The van der Waals surface area contributed by atoms with E-state index in [-0.39, 0.29) is 18.0 Å². The van der Waals surface area contributed by atoms with Gasteiger partial charge in [-0.15, -0.1) is 0 Å². The van der Waals surface area contributed by atoms with E-state index in [2.05, 4.69) is 10.1 Å². The first-order valence-electron chi connectivity index (χ1n) is 11.1. The Balaban J connectivity index is 1.54. The maximum absolute atomic E-state index is 13.8. The predicted molar refractivity (Wildman–Crippen MR) is 123 cm³/mol. The summed E-state index contributed by atoms with van der Waals surface area (Å²) < 4.78 is 37.7. The molecule has 2 amide bonds. The number of fused-ring (bicyclic) bond motifs is 2. The Labute approximate surface area is 195 Å². The summed E-state index contributed by atoms with van der Waals surface area (Å²) in [5.74, 6) is 0.478. The maximum atomic E-state index is 13.8. The molecule has 0 bridgehead atoms. The molecular weight excluding hydrogens is 444 g/mol. The highest BCUT2D eigenvalue weighted by atomic mass is 19.3. The van der Waals surface area contributed by atoms with Crippen LogP contribution in [0.1, 0.15) is 24.8 Å². The number of aryl methyl sites for hydroxylation is 1. The number of halogens is 2. The van der Waals surface area contributed by atoms with Crippen LogP contribution in [-0.2, 0) is 18.3 Å². The van der Waals surface area contributed by atoms with Crippen molar-refractivity contribution in [2.75, 3.05) is 23.5 Å². The molecule has 0 radical (unpaired) electrons. The number of carbonyl (C=O) groups is 1. The minimum atomic E-state index is -2.61. The molecule has 1 atom stereocenters. The van der Waals surface area contributed by atoms with Crippen LogP contribution in [0.25, 0.3) is 10.9 Å². The van der Waals surface area contributed by atoms with Crippen molar-refractivity contribution in [1.29, 1.82) is 0 Å². The first kappa shape index (κ1) is 22.3. The molecule has 1 aliphatic heterocycles. The Morgan fingerprint density at radius 2 is 2.09 bits per heavy atom. The maximum Gasteiger partial charge on any atom is 0.334 e. The third-order valence-corrected chi connectivity index (χ3v) is 6.12. The molecule has 3 heterocycles. The van der Waals surface area contributed by atoms with Gasteiger partial charge in [0.15, 0.2) is 6.61 Å². The topological polar surface area (TPSA) is 72.7 Å². The minimum absolute atomic E-state index is 0.0632. The van der Waals surface area contributed by atoms with E-state index in [1.54, 1.807) is 33.7 Å². The molecular formula is C24H25F2N5O3. The summed E-state index contributed by atoms with van der Waals surface area (Å²) in [6.45, 7) is -0.457. The number of ether oxygens (including phenoxy) is 2. The summed E-state index contributed by atoms with van der Waals surface area (Å²) in [4.78, 5) is 21.5. The van der Waals surface area contributed by atoms with Crippen molar-refractivity contribution in [1.82, 2.24) is 14.8 Å². The summed E-state index contributed by atoms with van der Waals surface area (Å²) in [7, 11) is 3.53. The molecule has 1 aromatic carbocycles. The van der Waals surface area contributed by atoms with Crippen molar-refractivity contribution >= 4 is 28.4 Å². The number of alkyl halides is 2. The van der Waals surface area contributed by atoms with Gasteiger partial charge in [-0.3, -0.25) is 9.58 Å². The van der Waals surface area contributed by atoms with Gasteiger partial charge in [0.05, 0.1) is 18.2 Å². The van der Waals surface area contributed by atoms with Gasteiger partial charge in [-0.1, -0.05) is 6.08 Å². The van der Waals surface area contributed by atoms with E-state index in [0.717, 1.165) is 34.3 Å². The molecule has 178 valence electrons. The molecule has 1 unspecified atom stereocenters. The lowest BCUT2D eigenvalue weighted by Gasteiger charge is -2.38. The number of allylic oxidation sites excluding steroid dienone is 1. The lowest BCUT2D eigenvalue weighted by Crippen LogP contribution is -2.48. The number of carbonyl (C=O) groups excluding carboxylic acids is 1. The third kappa shape index (κ3) is 4.21. The Bertz CT molecular complexity index is 1260. The van der Waals surface area contributed by atoms with E-state index in [1.165, 1.54) is 0 Å². The second-order valence-electron chi connectivity index (χ2n) is 8.41. The van der Waals surface area contributed by atoms with Crippen molar-refractivity contribution in [3.8, 4) is 5.88 Å². The van der Waals surface area contributed by atoms with Gasteiger partial charge in [-0.25, -0.2) is 18.5 Å². The van der Waals surface area contributed by atoms with Gasteiger partial charge in [-0.2, -0.15) is 10.1 Å². The van der Waals surface area contributed by atoms with Crippen LogP contribution < -0.4 is 14.5 Å². The molecule has 1 aliphatic carbocycles. The van der Waals surface area contributed by atoms with Gasteiger partial charge in [0.1, 0.15) is 5.82 Å². The Hall–Kier alpha value is -3.53. The van der Waals surface area contributed by atoms with E-state index in [1.807, 2.05) is 37.5 Å². The number of benzene rings is 1. The van der Waals surface area contributed by atoms with Crippen LogP contribution in [0, 0.1) is 0 Å². The SMILES string of the molecule is COC1CC=C(N2C(=O)N(c3ccc4nn(C)cc4c3)Cc3ccc(OCC(F)F)nc32)CC1. The van der Waals surface area contributed by atoms with Gasteiger partial charge < -0.3 is 9.47 Å². The number of rotatable bonds is 6. The number of nitrogens with zero attached hydrogens (tertiary/aromatic N) is 5. The normalized spacial score (nSPS) is 18.4. The average Bonchev–Trinajstić information content (AvgIpc) is 3.21. The van der Waals surface area contributed by atoms with E-state index >= 15 is 0 Å². The van der Waals surface area contributed by atoms with Gasteiger partial charge in [0.25, 0.3) is 6.43 Å². The molecule has 2 aliphatic rings. The van der Waals surface area contributed by atoms with Crippen LogP contribution in [0.4, 0.5) is 25.1 Å². The predicted octanol–water partition coefficient (Wildman–Crippen LogP) is 4.64. The van der Waals surface area contributed by atoms with Gasteiger partial charge in [-0.05, 0) is 43.5 Å². The fourth-order valence-electron chi connectivity index (χ4n) is 4.43. The third-order valence-electron chi connectivity index (χ3n) is 6.12. The Morgan fingerprint density at radius 3 is 2.82 bits per heavy atom. The van der Waals surface area contributed by atoms with Crippen molar-refractivity contribution in [3.63, 3.8) is 0 Å². The van der Waals surface area contributed by atoms with Crippen molar-refractivity contribution in [2.24, 2.45) is 7.05 Å². The monoisotopic (exact) mass is 469 g/mol. The van der Waals surface area contributed by atoms with Crippen molar-refractivity contribution in [2.45, 2.75) is 38.3 Å². The number of anilines is 2. The first-order chi connectivity index (χ1) is 16.4. The van der Waals surface area contributed by atoms with Crippen molar-refractivity contribution in [3.05, 3.63) is 53.9 Å². The van der Waals surface area contributed by atoms with Gasteiger partial charge in [0, 0.05) is 48.8 Å². The molecule has 5 rings (SSSR count). The van der Waals surface area contributed by atoms with Crippen LogP contribution in [0.5, 0.6) is 5.88 Å². The van der Waals surface area contributed by atoms with E-state index in [9.17, 15) is 13.6 Å². The largest absolute Gasteiger partial charge is 0.472 e. The summed E-state index contributed by atoms with van der Waals surface area (Å²) in [6.07, 6.45) is 3.45. The summed E-state index contributed by atoms with van der Waals surface area (Å²) in [6, 6.07) is 8.79. The Morgan fingerprint density at radius 1 is 1.24 bits per heavy atom. The van der Waals surface area contributed by atoms with Crippen LogP contribution >= 0.6 is 0 Å². The highest BCUT2D eigenvalue weighted by Crippen LogP contribution is 2.37. The average molecular weight is 469 g/mol. The fraction of sp³-hybridized carbons (Fsp3) is 0.375. The first-order valence-corrected chi connectivity index (χ1v) is 11.1. The number of aromatic nitrogens is 3. The zero-order valence-corrected chi connectivity index (χ0v) is 18.9. The van der Waals surface area contributed by atoms with Crippen LogP contribution in [0.2, 0.25) is 0 Å². The number of hydrogen-bond acceptors (Lipinski definition) is 5. The molecule has 0 saturated heterocycles. The molecule has 3 aromatic rings. The summed E-state index contributed by atoms with van der Waals surface area (Å²) in [5, 5.41) is 5.33. The molecule has 2 aromatic heterocycles. The Kier molecular flexibility index (Phi) is 5.91. The van der Waals surface area contributed by atoms with Gasteiger partial charge in [0.2, 0.25) is 5.88 Å². The number of pyridine rings is 1. The molecule has 8 nitrogen and oxygen atoms in total.